The van der Waals surface area contributed by atoms with E-state index in [4.69, 9.17) is 16.0 Å². The fourth-order valence-electron chi connectivity index (χ4n) is 2.49. The largest absolute Gasteiger partial charge is 0.459 e. The predicted molar refractivity (Wildman–Crippen MR) is 108 cm³/mol. The molecule has 0 spiro atoms. The minimum Gasteiger partial charge on any atom is -0.459 e. The second-order valence-electron chi connectivity index (χ2n) is 6.22. The van der Waals surface area contributed by atoms with Crippen molar-refractivity contribution in [3.8, 4) is 10.6 Å². The Morgan fingerprint density at radius 3 is 2.61 bits per heavy atom. The molecule has 28 heavy (non-hydrogen) atoms. The average Bonchev–Trinajstić information content (AvgIpc) is 3.38. The maximum absolute atomic E-state index is 12.8. The molecule has 0 bridgehead atoms. The summed E-state index contributed by atoms with van der Waals surface area (Å²) in [7, 11) is 0. The Balaban J connectivity index is 1.71. The van der Waals surface area contributed by atoms with Crippen molar-refractivity contribution in [3.05, 3.63) is 53.4 Å². The summed E-state index contributed by atoms with van der Waals surface area (Å²) >= 11 is 7.14. The SMILES string of the molecule is CC[C@@H](C)[C@@H](NC(=O)c1ccco1)C(=O)Nc1nnc(-c2ccc(Cl)cc2)s1. The molecule has 7 nitrogen and oxygen atoms in total. The van der Waals surface area contributed by atoms with Crippen LogP contribution in [0.25, 0.3) is 10.6 Å². The second kappa shape index (κ2) is 8.99. The van der Waals surface area contributed by atoms with Crippen LogP contribution >= 0.6 is 22.9 Å². The minimum absolute atomic E-state index is 0.0810. The number of rotatable bonds is 7. The third-order valence-corrected chi connectivity index (χ3v) is 5.41. The normalized spacial score (nSPS) is 13.0. The standard InChI is InChI=1S/C19H19ClN4O3S/c1-3-11(2)15(21-16(25)14-5-4-10-27-14)17(26)22-19-24-23-18(28-19)12-6-8-13(20)9-7-12/h4-11,15H,3H2,1-2H3,(H,21,25)(H,22,24,26)/t11-,15-/m1/s1. The lowest BCUT2D eigenvalue weighted by Gasteiger charge is -2.22. The van der Waals surface area contributed by atoms with Gasteiger partial charge in [-0.25, -0.2) is 0 Å². The Morgan fingerprint density at radius 2 is 1.96 bits per heavy atom. The number of aromatic nitrogens is 2. The molecule has 0 aliphatic rings. The molecule has 2 amide bonds. The van der Waals surface area contributed by atoms with E-state index >= 15 is 0 Å². The molecule has 1 aromatic carbocycles. The van der Waals surface area contributed by atoms with E-state index in [-0.39, 0.29) is 17.6 Å². The number of carbonyl (C=O) groups excluding carboxylic acids is 2. The molecule has 0 saturated heterocycles. The summed E-state index contributed by atoms with van der Waals surface area (Å²) in [4.78, 5) is 25.1. The molecule has 3 rings (SSSR count). The molecule has 0 aliphatic heterocycles. The van der Waals surface area contributed by atoms with Crippen LogP contribution in [0.4, 0.5) is 5.13 Å². The average molecular weight is 419 g/mol. The fourth-order valence-corrected chi connectivity index (χ4v) is 3.37. The first-order valence-electron chi connectivity index (χ1n) is 8.72. The van der Waals surface area contributed by atoms with Crippen LogP contribution in [0.15, 0.2) is 47.1 Å². The van der Waals surface area contributed by atoms with Crippen LogP contribution in [0.5, 0.6) is 0 Å². The number of furan rings is 1. The fraction of sp³-hybridized carbons (Fsp3) is 0.263. The highest BCUT2D eigenvalue weighted by atomic mass is 35.5. The molecule has 0 fully saturated rings. The number of carbonyl (C=O) groups is 2. The quantitative estimate of drug-likeness (QED) is 0.598. The van der Waals surface area contributed by atoms with Crippen molar-refractivity contribution in [2.45, 2.75) is 26.3 Å². The second-order valence-corrected chi connectivity index (χ2v) is 7.64. The van der Waals surface area contributed by atoms with E-state index in [9.17, 15) is 9.59 Å². The van der Waals surface area contributed by atoms with E-state index in [0.717, 1.165) is 5.56 Å². The smallest absolute Gasteiger partial charge is 0.287 e. The molecule has 0 radical (unpaired) electrons. The third-order valence-electron chi connectivity index (χ3n) is 4.27. The lowest BCUT2D eigenvalue weighted by atomic mass is 9.98. The summed E-state index contributed by atoms with van der Waals surface area (Å²) in [5.41, 5.74) is 0.854. The van der Waals surface area contributed by atoms with Gasteiger partial charge in [-0.1, -0.05) is 55.3 Å². The van der Waals surface area contributed by atoms with E-state index in [2.05, 4.69) is 20.8 Å². The molecule has 9 heteroatoms. The van der Waals surface area contributed by atoms with Gasteiger partial charge in [0.2, 0.25) is 11.0 Å². The highest BCUT2D eigenvalue weighted by molar-refractivity contribution is 7.18. The number of nitrogens with one attached hydrogen (secondary N) is 2. The van der Waals surface area contributed by atoms with Crippen molar-refractivity contribution in [2.24, 2.45) is 5.92 Å². The van der Waals surface area contributed by atoms with Crippen LogP contribution in [0.3, 0.4) is 0 Å². The van der Waals surface area contributed by atoms with Gasteiger partial charge in [-0.15, -0.1) is 10.2 Å². The highest BCUT2D eigenvalue weighted by Crippen LogP contribution is 2.27. The molecule has 2 aromatic heterocycles. The maximum Gasteiger partial charge on any atom is 0.287 e. The maximum atomic E-state index is 12.8. The number of amides is 2. The van der Waals surface area contributed by atoms with Gasteiger partial charge in [-0.05, 0) is 30.2 Å². The zero-order valence-electron chi connectivity index (χ0n) is 15.3. The van der Waals surface area contributed by atoms with Gasteiger partial charge in [0.25, 0.3) is 5.91 Å². The molecular weight excluding hydrogens is 400 g/mol. The molecule has 2 heterocycles. The Kier molecular flexibility index (Phi) is 6.43. The summed E-state index contributed by atoms with van der Waals surface area (Å²) in [6, 6.07) is 9.63. The zero-order valence-corrected chi connectivity index (χ0v) is 16.9. The van der Waals surface area contributed by atoms with Crippen molar-refractivity contribution in [2.75, 3.05) is 5.32 Å². The van der Waals surface area contributed by atoms with Crippen LogP contribution in [-0.4, -0.2) is 28.1 Å². The minimum atomic E-state index is -0.731. The van der Waals surface area contributed by atoms with Crippen LogP contribution < -0.4 is 10.6 Å². The van der Waals surface area contributed by atoms with E-state index in [1.54, 1.807) is 24.3 Å². The Morgan fingerprint density at radius 1 is 1.21 bits per heavy atom. The van der Waals surface area contributed by atoms with Crippen molar-refractivity contribution < 1.29 is 14.0 Å². The summed E-state index contributed by atoms with van der Waals surface area (Å²) in [6.07, 6.45) is 2.12. The first-order valence-corrected chi connectivity index (χ1v) is 9.92. The number of benzene rings is 1. The summed E-state index contributed by atoms with van der Waals surface area (Å²) in [5.74, 6) is -0.720. The molecule has 3 aromatic rings. The first kappa shape index (κ1) is 20.0. The summed E-state index contributed by atoms with van der Waals surface area (Å²) in [6.45, 7) is 3.85. The van der Waals surface area contributed by atoms with Gasteiger partial charge >= 0.3 is 0 Å². The Bertz CT molecular complexity index is 941. The third kappa shape index (κ3) is 4.76. The number of halogens is 1. The monoisotopic (exact) mass is 418 g/mol. The van der Waals surface area contributed by atoms with Crippen LogP contribution in [0, 0.1) is 5.92 Å². The van der Waals surface area contributed by atoms with Crippen molar-refractivity contribution in [1.82, 2.24) is 15.5 Å². The van der Waals surface area contributed by atoms with Gasteiger partial charge in [0.05, 0.1) is 6.26 Å². The highest BCUT2D eigenvalue weighted by Gasteiger charge is 2.28. The molecular formula is C19H19ClN4O3S. The van der Waals surface area contributed by atoms with Gasteiger partial charge in [0.15, 0.2) is 5.76 Å². The van der Waals surface area contributed by atoms with Gasteiger partial charge in [0.1, 0.15) is 11.0 Å². The summed E-state index contributed by atoms with van der Waals surface area (Å²) in [5, 5.41) is 15.2. The van der Waals surface area contributed by atoms with E-state index in [1.807, 2.05) is 26.0 Å². The van der Waals surface area contributed by atoms with Crippen LogP contribution in [-0.2, 0) is 4.79 Å². The molecule has 2 atom stereocenters. The zero-order chi connectivity index (χ0) is 20.1. The first-order chi connectivity index (χ1) is 13.5. The van der Waals surface area contributed by atoms with Gasteiger partial charge < -0.3 is 9.73 Å². The number of hydrogen-bond acceptors (Lipinski definition) is 6. The van der Waals surface area contributed by atoms with Gasteiger partial charge in [-0.2, -0.15) is 0 Å². The number of anilines is 1. The molecule has 0 unspecified atom stereocenters. The van der Waals surface area contributed by atoms with E-state index in [0.29, 0.717) is 21.6 Å². The summed E-state index contributed by atoms with van der Waals surface area (Å²) < 4.78 is 5.09. The van der Waals surface area contributed by atoms with Crippen molar-refractivity contribution in [3.63, 3.8) is 0 Å². The lowest BCUT2D eigenvalue weighted by Crippen LogP contribution is -2.47. The Hall–Kier alpha value is -2.71. The molecule has 2 N–H and O–H groups in total. The van der Waals surface area contributed by atoms with E-state index in [1.165, 1.54) is 17.6 Å². The lowest BCUT2D eigenvalue weighted by molar-refractivity contribution is -0.119. The van der Waals surface area contributed by atoms with Crippen molar-refractivity contribution in [1.29, 1.82) is 0 Å². The van der Waals surface area contributed by atoms with Gasteiger partial charge in [0, 0.05) is 10.6 Å². The topological polar surface area (TPSA) is 97.1 Å². The predicted octanol–water partition coefficient (Wildman–Crippen LogP) is 4.23. The number of hydrogen-bond donors (Lipinski definition) is 2. The molecule has 146 valence electrons. The van der Waals surface area contributed by atoms with Crippen molar-refractivity contribution >= 4 is 39.9 Å². The van der Waals surface area contributed by atoms with Crippen LogP contribution in [0.2, 0.25) is 5.02 Å². The van der Waals surface area contributed by atoms with Crippen LogP contribution in [0.1, 0.15) is 30.8 Å². The number of nitrogens with zero attached hydrogens (tertiary/aromatic N) is 2. The van der Waals surface area contributed by atoms with E-state index < -0.39 is 11.9 Å². The molecule has 0 aliphatic carbocycles. The molecule has 0 saturated carbocycles. The Labute approximate surface area is 171 Å². The van der Waals surface area contributed by atoms with Gasteiger partial charge in [-0.3, -0.25) is 14.9 Å².